The molecule has 8 heteroatoms. The number of nitrogens with two attached hydrogens (primary N) is 1. The summed E-state index contributed by atoms with van der Waals surface area (Å²) in [4.78, 5) is 12.2. The molecule has 0 aromatic carbocycles. The van der Waals surface area contributed by atoms with Crippen LogP contribution in [0, 0.1) is 5.92 Å². The number of rotatable bonds is 3. The number of nitrogen functional groups attached to an aromatic ring is 1. The highest BCUT2D eigenvalue weighted by Gasteiger charge is 2.36. The zero-order valence-corrected chi connectivity index (χ0v) is 10.2. The summed E-state index contributed by atoms with van der Waals surface area (Å²) in [5, 5.41) is 18.5. The molecule has 1 aliphatic rings. The molecule has 0 aliphatic carbocycles. The van der Waals surface area contributed by atoms with Crippen molar-refractivity contribution in [2.45, 2.75) is 18.8 Å². The average molecular weight is 265 g/mol. The quantitative estimate of drug-likeness (QED) is 0.671. The lowest BCUT2D eigenvalue weighted by Crippen LogP contribution is -2.23. The molecule has 0 bridgehead atoms. The van der Waals surface area contributed by atoms with E-state index in [9.17, 15) is 10.2 Å². The molecule has 1 aliphatic heterocycles. The van der Waals surface area contributed by atoms with E-state index in [2.05, 4.69) is 15.0 Å². The van der Waals surface area contributed by atoms with Crippen molar-refractivity contribution in [1.29, 1.82) is 0 Å². The summed E-state index contributed by atoms with van der Waals surface area (Å²) in [5.41, 5.74) is 6.84. The molecule has 3 rings (SSSR count). The molecule has 3 heterocycles. The molecule has 8 nitrogen and oxygen atoms in total. The van der Waals surface area contributed by atoms with Crippen molar-refractivity contribution in [1.82, 2.24) is 19.5 Å². The second kappa shape index (κ2) is 4.72. The van der Waals surface area contributed by atoms with Crippen molar-refractivity contribution in [2.75, 3.05) is 18.9 Å². The highest BCUT2D eigenvalue weighted by atomic mass is 16.5. The van der Waals surface area contributed by atoms with E-state index in [4.69, 9.17) is 10.5 Å². The summed E-state index contributed by atoms with van der Waals surface area (Å²) in [7, 11) is 0. The molecular formula is C11H15N5O3. The van der Waals surface area contributed by atoms with Gasteiger partial charge in [0.15, 0.2) is 11.5 Å². The molecule has 0 saturated carbocycles. The molecule has 0 amide bonds. The monoisotopic (exact) mass is 265 g/mol. The number of aromatic nitrogens is 4. The van der Waals surface area contributed by atoms with Gasteiger partial charge in [0.1, 0.15) is 18.1 Å². The van der Waals surface area contributed by atoms with Gasteiger partial charge in [-0.1, -0.05) is 0 Å². The lowest BCUT2D eigenvalue weighted by molar-refractivity contribution is -0.0334. The van der Waals surface area contributed by atoms with Gasteiger partial charge in [-0.25, -0.2) is 15.0 Å². The fraction of sp³-hybridized carbons (Fsp3) is 0.545. The Kier molecular flexibility index (Phi) is 3.05. The number of nitrogens with zero attached hydrogens (tertiary/aromatic N) is 4. The summed E-state index contributed by atoms with van der Waals surface area (Å²) in [6.45, 7) is -0.142. The number of ether oxygens (including phenoxy) is 1. The van der Waals surface area contributed by atoms with Crippen molar-refractivity contribution in [2.24, 2.45) is 5.92 Å². The van der Waals surface area contributed by atoms with E-state index in [1.807, 2.05) is 0 Å². The maximum atomic E-state index is 9.28. The number of hydrogen-bond donors (Lipinski definition) is 3. The average Bonchev–Trinajstić information content (AvgIpc) is 3.02. The van der Waals surface area contributed by atoms with Gasteiger partial charge in [-0.3, -0.25) is 4.57 Å². The van der Waals surface area contributed by atoms with Gasteiger partial charge in [-0.05, 0) is 0 Å². The first-order valence-electron chi connectivity index (χ1n) is 6.04. The normalized spacial score (nSPS) is 27.2. The third-order valence-electron chi connectivity index (χ3n) is 3.47. The van der Waals surface area contributed by atoms with Crippen LogP contribution in [-0.2, 0) is 4.74 Å². The van der Waals surface area contributed by atoms with E-state index in [1.54, 1.807) is 10.9 Å². The molecular weight excluding hydrogens is 250 g/mol. The molecule has 4 N–H and O–H groups in total. The maximum absolute atomic E-state index is 9.28. The lowest BCUT2D eigenvalue weighted by atomic mass is 10.0. The standard InChI is InChI=1S/C11H15N5O3/c12-10-9-11(14-4-13-10)16(5-15-9)8-1-6(2-17)7(3-18)19-8/h4-8,17-18H,1-3H2,(H2,12,13,14)/t6?,7-,8-/m1/s1. The van der Waals surface area contributed by atoms with Gasteiger partial charge < -0.3 is 20.7 Å². The largest absolute Gasteiger partial charge is 0.396 e. The number of imidazole rings is 1. The van der Waals surface area contributed by atoms with E-state index in [1.165, 1.54) is 6.33 Å². The van der Waals surface area contributed by atoms with Gasteiger partial charge in [0.25, 0.3) is 0 Å². The maximum Gasteiger partial charge on any atom is 0.167 e. The molecule has 102 valence electrons. The summed E-state index contributed by atoms with van der Waals surface area (Å²) in [6, 6.07) is 0. The van der Waals surface area contributed by atoms with Crippen molar-refractivity contribution in [3.8, 4) is 0 Å². The molecule has 2 aromatic rings. The highest BCUT2D eigenvalue weighted by molar-refractivity contribution is 5.81. The third-order valence-corrected chi connectivity index (χ3v) is 3.47. The Morgan fingerprint density at radius 1 is 1.32 bits per heavy atom. The molecule has 1 fully saturated rings. The molecule has 1 saturated heterocycles. The van der Waals surface area contributed by atoms with Crippen LogP contribution in [0.2, 0.25) is 0 Å². The van der Waals surface area contributed by atoms with Crippen LogP contribution < -0.4 is 5.73 Å². The fourth-order valence-corrected chi connectivity index (χ4v) is 2.42. The highest BCUT2D eigenvalue weighted by Crippen LogP contribution is 2.34. The van der Waals surface area contributed by atoms with Gasteiger partial charge in [0, 0.05) is 18.9 Å². The molecule has 3 atom stereocenters. The second-order valence-electron chi connectivity index (χ2n) is 4.57. The molecule has 1 unspecified atom stereocenters. The summed E-state index contributed by atoms with van der Waals surface area (Å²) >= 11 is 0. The minimum atomic E-state index is -0.369. The zero-order valence-electron chi connectivity index (χ0n) is 10.2. The van der Waals surface area contributed by atoms with Crippen LogP contribution >= 0.6 is 0 Å². The smallest absolute Gasteiger partial charge is 0.167 e. The Morgan fingerprint density at radius 3 is 2.84 bits per heavy atom. The van der Waals surface area contributed by atoms with Crippen molar-refractivity contribution in [3.63, 3.8) is 0 Å². The molecule has 0 spiro atoms. The Bertz CT molecular complexity index is 575. The van der Waals surface area contributed by atoms with Crippen LogP contribution in [-0.4, -0.2) is 49.0 Å². The van der Waals surface area contributed by atoms with Crippen LogP contribution in [0.1, 0.15) is 12.6 Å². The van der Waals surface area contributed by atoms with Gasteiger partial charge in [0.2, 0.25) is 0 Å². The Labute approximate surface area is 108 Å². The van der Waals surface area contributed by atoms with Crippen LogP contribution in [0.5, 0.6) is 0 Å². The van der Waals surface area contributed by atoms with E-state index in [-0.39, 0.29) is 31.5 Å². The number of hydrogen-bond acceptors (Lipinski definition) is 7. The summed E-state index contributed by atoms with van der Waals surface area (Å²) in [6.07, 6.45) is 2.88. The predicted octanol–water partition coefficient (Wildman–Crippen LogP) is -0.703. The topological polar surface area (TPSA) is 119 Å². The minimum Gasteiger partial charge on any atom is -0.396 e. The number of anilines is 1. The molecule has 2 aromatic heterocycles. The van der Waals surface area contributed by atoms with Crippen molar-refractivity contribution >= 4 is 17.0 Å². The first kappa shape index (κ1) is 12.3. The zero-order chi connectivity index (χ0) is 13.4. The number of aliphatic hydroxyl groups is 2. The van der Waals surface area contributed by atoms with Crippen LogP contribution in [0.15, 0.2) is 12.7 Å². The molecule has 0 radical (unpaired) electrons. The van der Waals surface area contributed by atoms with Gasteiger partial charge in [0.05, 0.1) is 19.0 Å². The van der Waals surface area contributed by atoms with Gasteiger partial charge in [-0.2, -0.15) is 0 Å². The lowest BCUT2D eigenvalue weighted by Gasteiger charge is -2.14. The first-order valence-corrected chi connectivity index (χ1v) is 6.04. The number of fused-ring (bicyclic) bond motifs is 1. The SMILES string of the molecule is Nc1ncnc2c1ncn2[C@H]1CC(CO)[C@@H](CO)O1. The minimum absolute atomic E-state index is 0.0223. The Hall–Kier alpha value is -1.77. The van der Waals surface area contributed by atoms with Crippen molar-refractivity contribution in [3.05, 3.63) is 12.7 Å². The second-order valence-corrected chi connectivity index (χ2v) is 4.57. The fourth-order valence-electron chi connectivity index (χ4n) is 2.42. The third kappa shape index (κ3) is 1.93. The van der Waals surface area contributed by atoms with E-state index >= 15 is 0 Å². The first-order chi connectivity index (χ1) is 9.24. The van der Waals surface area contributed by atoms with E-state index < -0.39 is 0 Å². The van der Waals surface area contributed by atoms with E-state index in [0.29, 0.717) is 23.4 Å². The van der Waals surface area contributed by atoms with Gasteiger partial charge in [-0.15, -0.1) is 0 Å². The van der Waals surface area contributed by atoms with Gasteiger partial charge >= 0.3 is 0 Å². The van der Waals surface area contributed by atoms with E-state index in [0.717, 1.165) is 0 Å². The van der Waals surface area contributed by atoms with Crippen LogP contribution in [0.4, 0.5) is 5.82 Å². The molecule has 19 heavy (non-hydrogen) atoms. The Morgan fingerprint density at radius 2 is 2.16 bits per heavy atom. The number of aliphatic hydroxyl groups excluding tert-OH is 2. The van der Waals surface area contributed by atoms with Crippen LogP contribution in [0.25, 0.3) is 11.2 Å². The van der Waals surface area contributed by atoms with Crippen molar-refractivity contribution < 1.29 is 14.9 Å². The summed E-state index contributed by atoms with van der Waals surface area (Å²) < 4.78 is 7.47. The Balaban J connectivity index is 1.95. The predicted molar refractivity (Wildman–Crippen MR) is 65.9 cm³/mol. The summed E-state index contributed by atoms with van der Waals surface area (Å²) in [5.74, 6) is 0.228. The van der Waals surface area contributed by atoms with Crippen LogP contribution in [0.3, 0.4) is 0 Å².